The first-order valence-electron chi connectivity index (χ1n) is 6.69. The summed E-state index contributed by atoms with van der Waals surface area (Å²) in [4.78, 5) is 4.43. The summed E-state index contributed by atoms with van der Waals surface area (Å²) < 4.78 is 7.89. The standard InChI is InChI=1S/C15H19N3O/c1-16-14(15-17-8-9-18(15)2)11-4-3-5-13(10-11)19-12-6-7-12/h3-5,8-10,12,14,16H,6-7H2,1-2H3. The molecule has 0 bridgehead atoms. The van der Waals surface area contributed by atoms with E-state index < -0.39 is 0 Å². The summed E-state index contributed by atoms with van der Waals surface area (Å²) in [5.41, 5.74) is 1.18. The lowest BCUT2D eigenvalue weighted by molar-refractivity contribution is 0.302. The molecule has 1 aromatic carbocycles. The number of aryl methyl sites for hydroxylation is 1. The van der Waals surface area contributed by atoms with Gasteiger partial charge >= 0.3 is 0 Å². The number of ether oxygens (including phenoxy) is 1. The average molecular weight is 257 g/mol. The first-order valence-corrected chi connectivity index (χ1v) is 6.69. The van der Waals surface area contributed by atoms with E-state index in [0.29, 0.717) is 6.10 Å². The van der Waals surface area contributed by atoms with Gasteiger partial charge in [-0.25, -0.2) is 4.98 Å². The predicted octanol–water partition coefficient (Wildman–Crippen LogP) is 2.27. The molecule has 0 spiro atoms. The average Bonchev–Trinajstić information content (AvgIpc) is 3.13. The van der Waals surface area contributed by atoms with Crippen LogP contribution in [-0.2, 0) is 7.05 Å². The highest BCUT2D eigenvalue weighted by Gasteiger charge is 2.24. The molecular weight excluding hydrogens is 238 g/mol. The van der Waals surface area contributed by atoms with Gasteiger partial charge in [0.05, 0.1) is 12.1 Å². The molecule has 1 aromatic heterocycles. The van der Waals surface area contributed by atoms with E-state index in [0.717, 1.165) is 11.6 Å². The lowest BCUT2D eigenvalue weighted by atomic mass is 10.1. The number of nitrogens with zero attached hydrogens (tertiary/aromatic N) is 2. The van der Waals surface area contributed by atoms with Gasteiger partial charge in [0.2, 0.25) is 0 Å². The smallest absolute Gasteiger partial charge is 0.130 e. The molecule has 4 heteroatoms. The first kappa shape index (κ1) is 12.2. The van der Waals surface area contributed by atoms with Crippen molar-refractivity contribution in [1.82, 2.24) is 14.9 Å². The molecule has 1 saturated carbocycles. The summed E-state index contributed by atoms with van der Waals surface area (Å²) >= 11 is 0. The van der Waals surface area contributed by atoms with Crippen LogP contribution in [0.2, 0.25) is 0 Å². The minimum Gasteiger partial charge on any atom is -0.490 e. The van der Waals surface area contributed by atoms with Crippen molar-refractivity contribution in [2.75, 3.05) is 7.05 Å². The van der Waals surface area contributed by atoms with Crippen LogP contribution >= 0.6 is 0 Å². The van der Waals surface area contributed by atoms with Gasteiger partial charge in [-0.1, -0.05) is 12.1 Å². The molecule has 1 fully saturated rings. The maximum atomic E-state index is 5.85. The van der Waals surface area contributed by atoms with Crippen LogP contribution in [0.25, 0.3) is 0 Å². The summed E-state index contributed by atoms with van der Waals surface area (Å²) in [6.45, 7) is 0. The summed E-state index contributed by atoms with van der Waals surface area (Å²) in [5, 5.41) is 3.32. The van der Waals surface area contributed by atoms with Gasteiger partial charge in [0.1, 0.15) is 11.6 Å². The molecule has 0 aliphatic heterocycles. The Morgan fingerprint density at radius 1 is 1.42 bits per heavy atom. The zero-order valence-electron chi connectivity index (χ0n) is 11.3. The largest absolute Gasteiger partial charge is 0.490 e. The van der Waals surface area contributed by atoms with E-state index in [1.165, 1.54) is 18.4 Å². The van der Waals surface area contributed by atoms with Crippen LogP contribution in [0.4, 0.5) is 0 Å². The van der Waals surface area contributed by atoms with Crippen molar-refractivity contribution in [3.05, 3.63) is 48.0 Å². The highest BCUT2D eigenvalue weighted by Crippen LogP contribution is 2.29. The maximum absolute atomic E-state index is 5.85. The first-order chi connectivity index (χ1) is 9.28. The molecule has 0 saturated heterocycles. The number of aromatic nitrogens is 2. The van der Waals surface area contributed by atoms with Crippen LogP contribution in [0.1, 0.15) is 30.3 Å². The second-order valence-corrected chi connectivity index (χ2v) is 5.01. The predicted molar refractivity (Wildman–Crippen MR) is 74.2 cm³/mol. The fourth-order valence-corrected chi connectivity index (χ4v) is 2.25. The quantitative estimate of drug-likeness (QED) is 0.893. The van der Waals surface area contributed by atoms with Crippen molar-refractivity contribution in [1.29, 1.82) is 0 Å². The van der Waals surface area contributed by atoms with Crippen molar-refractivity contribution in [2.24, 2.45) is 7.05 Å². The van der Waals surface area contributed by atoms with E-state index in [1.54, 1.807) is 0 Å². The lowest BCUT2D eigenvalue weighted by Gasteiger charge is -2.17. The van der Waals surface area contributed by atoms with Crippen LogP contribution in [0.15, 0.2) is 36.7 Å². The topological polar surface area (TPSA) is 39.1 Å². The van der Waals surface area contributed by atoms with Crippen molar-refractivity contribution in [3.63, 3.8) is 0 Å². The second-order valence-electron chi connectivity index (χ2n) is 5.01. The number of imidazole rings is 1. The Kier molecular flexibility index (Phi) is 3.25. The molecule has 2 aromatic rings. The number of benzene rings is 1. The Morgan fingerprint density at radius 3 is 2.89 bits per heavy atom. The minimum atomic E-state index is 0.0859. The molecule has 1 aliphatic carbocycles. The van der Waals surface area contributed by atoms with Crippen LogP contribution in [0.3, 0.4) is 0 Å². The molecule has 1 aliphatic rings. The maximum Gasteiger partial charge on any atom is 0.130 e. The Labute approximate surface area is 113 Å². The summed E-state index contributed by atoms with van der Waals surface area (Å²) in [6.07, 6.45) is 6.57. The number of nitrogens with one attached hydrogen (secondary N) is 1. The normalized spacial score (nSPS) is 16.3. The van der Waals surface area contributed by atoms with Gasteiger partial charge in [-0.05, 0) is 37.6 Å². The van der Waals surface area contributed by atoms with E-state index in [9.17, 15) is 0 Å². The zero-order chi connectivity index (χ0) is 13.2. The SMILES string of the molecule is CNC(c1cccc(OC2CC2)c1)c1nccn1C. The molecular formula is C15H19N3O. The minimum absolute atomic E-state index is 0.0859. The molecule has 1 heterocycles. The molecule has 0 radical (unpaired) electrons. The fraction of sp³-hybridized carbons (Fsp3) is 0.400. The summed E-state index contributed by atoms with van der Waals surface area (Å²) in [7, 11) is 3.96. The third kappa shape index (κ3) is 2.63. The van der Waals surface area contributed by atoms with Crippen LogP contribution in [0.5, 0.6) is 5.75 Å². The second kappa shape index (κ2) is 5.05. The Balaban J connectivity index is 1.88. The van der Waals surface area contributed by atoms with Crippen LogP contribution in [-0.4, -0.2) is 22.7 Å². The highest BCUT2D eigenvalue weighted by molar-refractivity contribution is 5.34. The molecule has 19 heavy (non-hydrogen) atoms. The highest BCUT2D eigenvalue weighted by atomic mass is 16.5. The van der Waals surface area contributed by atoms with Crippen molar-refractivity contribution >= 4 is 0 Å². The van der Waals surface area contributed by atoms with E-state index in [4.69, 9.17) is 4.74 Å². The Hall–Kier alpha value is -1.81. The Morgan fingerprint density at radius 2 is 2.26 bits per heavy atom. The van der Waals surface area contributed by atoms with Crippen LogP contribution in [0, 0.1) is 0 Å². The molecule has 1 atom stereocenters. The number of rotatable bonds is 5. The summed E-state index contributed by atoms with van der Waals surface area (Å²) in [5.74, 6) is 1.96. The van der Waals surface area contributed by atoms with Gasteiger partial charge in [0.15, 0.2) is 0 Å². The van der Waals surface area contributed by atoms with Gasteiger partial charge in [-0.15, -0.1) is 0 Å². The number of hydrogen-bond acceptors (Lipinski definition) is 3. The lowest BCUT2D eigenvalue weighted by Crippen LogP contribution is -2.21. The van der Waals surface area contributed by atoms with Crippen molar-refractivity contribution in [3.8, 4) is 5.75 Å². The van der Waals surface area contributed by atoms with Crippen molar-refractivity contribution in [2.45, 2.75) is 25.0 Å². The third-order valence-corrected chi connectivity index (χ3v) is 3.42. The van der Waals surface area contributed by atoms with E-state index in [-0.39, 0.29) is 6.04 Å². The van der Waals surface area contributed by atoms with E-state index >= 15 is 0 Å². The number of hydrogen-bond donors (Lipinski definition) is 1. The fourth-order valence-electron chi connectivity index (χ4n) is 2.25. The third-order valence-electron chi connectivity index (χ3n) is 3.42. The van der Waals surface area contributed by atoms with Gasteiger partial charge in [-0.2, -0.15) is 0 Å². The monoisotopic (exact) mass is 257 g/mol. The van der Waals surface area contributed by atoms with E-state index in [2.05, 4.69) is 22.4 Å². The summed E-state index contributed by atoms with van der Waals surface area (Å²) in [6, 6.07) is 8.36. The Bertz CT molecular complexity index is 560. The van der Waals surface area contributed by atoms with Gasteiger partial charge in [0, 0.05) is 19.4 Å². The van der Waals surface area contributed by atoms with Gasteiger partial charge in [-0.3, -0.25) is 0 Å². The van der Waals surface area contributed by atoms with Gasteiger partial charge < -0.3 is 14.6 Å². The molecule has 1 unspecified atom stereocenters. The van der Waals surface area contributed by atoms with Crippen LogP contribution < -0.4 is 10.1 Å². The zero-order valence-corrected chi connectivity index (χ0v) is 11.3. The molecule has 1 N–H and O–H groups in total. The van der Waals surface area contributed by atoms with Gasteiger partial charge in [0.25, 0.3) is 0 Å². The molecule has 100 valence electrons. The van der Waals surface area contributed by atoms with Crippen molar-refractivity contribution < 1.29 is 4.74 Å². The molecule has 3 rings (SSSR count). The van der Waals surface area contributed by atoms with E-state index in [1.807, 2.05) is 43.2 Å². The molecule has 0 amide bonds. The molecule has 4 nitrogen and oxygen atoms in total.